The average Bonchev–Trinajstić information content (AvgIpc) is 2.40. The van der Waals surface area contributed by atoms with Gasteiger partial charge in [0.25, 0.3) is 5.88 Å². The van der Waals surface area contributed by atoms with E-state index in [0.717, 1.165) is 6.42 Å². The van der Waals surface area contributed by atoms with Gasteiger partial charge in [-0.05, 0) is 12.3 Å². The van der Waals surface area contributed by atoms with Crippen molar-refractivity contribution in [2.75, 3.05) is 25.1 Å². The minimum absolute atomic E-state index is 0.0162. The van der Waals surface area contributed by atoms with E-state index in [1.807, 2.05) is 11.8 Å². The smallest absolute Gasteiger partial charge is 0.372 e. The number of nitro groups is 1. The summed E-state index contributed by atoms with van der Waals surface area (Å²) in [6.07, 6.45) is 2.06. The highest BCUT2D eigenvalue weighted by Crippen LogP contribution is 2.34. The van der Waals surface area contributed by atoms with Gasteiger partial charge in [0.05, 0.1) is 12.0 Å². The van der Waals surface area contributed by atoms with Gasteiger partial charge in [-0.2, -0.15) is 4.98 Å². The molecule has 8 nitrogen and oxygen atoms in total. The van der Waals surface area contributed by atoms with Crippen LogP contribution in [0.5, 0.6) is 5.88 Å². The van der Waals surface area contributed by atoms with Gasteiger partial charge in [0, 0.05) is 19.1 Å². The number of nitrogens with two attached hydrogens (primary N) is 1. The van der Waals surface area contributed by atoms with Crippen LogP contribution in [0.15, 0.2) is 6.33 Å². The number of hydrogen-bond acceptors (Lipinski definition) is 7. The molecular formula is C11H17N5O3. The lowest BCUT2D eigenvalue weighted by Crippen LogP contribution is -2.46. The first-order valence-corrected chi connectivity index (χ1v) is 6.08. The molecule has 0 bridgehead atoms. The van der Waals surface area contributed by atoms with E-state index in [1.165, 1.54) is 13.4 Å². The number of aromatic nitrogens is 2. The molecule has 8 heteroatoms. The molecule has 0 saturated carbocycles. The zero-order valence-corrected chi connectivity index (χ0v) is 10.9. The summed E-state index contributed by atoms with van der Waals surface area (Å²) in [6.45, 7) is 3.32. The number of anilines is 1. The second-order valence-electron chi connectivity index (χ2n) is 4.69. The molecule has 0 aromatic carbocycles. The number of rotatable bonds is 3. The topological polar surface area (TPSA) is 107 Å². The van der Waals surface area contributed by atoms with Crippen molar-refractivity contribution in [3.05, 3.63) is 16.4 Å². The summed E-state index contributed by atoms with van der Waals surface area (Å²) in [5.41, 5.74) is 5.77. The standard InChI is InChI=1S/C11H17N5O3/c1-7-5-15(4-3-8(7)12)10-9(16(17)18)11(19-2)14-6-13-10/h6-8H,3-5,12H2,1-2H3. The molecule has 0 aliphatic carbocycles. The maximum atomic E-state index is 11.2. The second-order valence-corrected chi connectivity index (χ2v) is 4.69. The molecule has 0 radical (unpaired) electrons. The third kappa shape index (κ3) is 2.58. The summed E-state index contributed by atoms with van der Waals surface area (Å²) in [7, 11) is 1.36. The van der Waals surface area contributed by atoms with E-state index in [0.29, 0.717) is 18.9 Å². The van der Waals surface area contributed by atoms with Crippen LogP contribution >= 0.6 is 0 Å². The fourth-order valence-electron chi connectivity index (χ4n) is 2.25. The number of hydrogen-bond donors (Lipinski definition) is 1. The summed E-state index contributed by atoms with van der Waals surface area (Å²) in [5, 5.41) is 11.2. The third-order valence-electron chi connectivity index (χ3n) is 3.42. The van der Waals surface area contributed by atoms with E-state index in [2.05, 4.69) is 9.97 Å². The van der Waals surface area contributed by atoms with Gasteiger partial charge in [0.1, 0.15) is 6.33 Å². The van der Waals surface area contributed by atoms with Crippen LogP contribution in [0.25, 0.3) is 0 Å². The molecular weight excluding hydrogens is 250 g/mol. The van der Waals surface area contributed by atoms with Crippen molar-refractivity contribution in [3.63, 3.8) is 0 Å². The highest BCUT2D eigenvalue weighted by atomic mass is 16.6. The van der Waals surface area contributed by atoms with Crippen LogP contribution < -0.4 is 15.4 Å². The fraction of sp³-hybridized carbons (Fsp3) is 0.636. The second kappa shape index (κ2) is 5.35. The van der Waals surface area contributed by atoms with E-state index in [1.54, 1.807) is 0 Å². The zero-order valence-electron chi connectivity index (χ0n) is 10.9. The molecule has 2 atom stereocenters. The maximum Gasteiger partial charge on any atom is 0.372 e. The summed E-state index contributed by atoms with van der Waals surface area (Å²) in [6, 6.07) is 0.124. The van der Waals surface area contributed by atoms with Gasteiger partial charge < -0.3 is 15.4 Å². The van der Waals surface area contributed by atoms with Crippen molar-refractivity contribution in [3.8, 4) is 5.88 Å². The van der Waals surface area contributed by atoms with Crippen LogP contribution in [0.4, 0.5) is 11.5 Å². The predicted molar refractivity (Wildman–Crippen MR) is 69.2 cm³/mol. The number of ether oxygens (including phenoxy) is 1. The Hall–Kier alpha value is -1.96. The molecule has 2 unspecified atom stereocenters. The third-order valence-corrected chi connectivity index (χ3v) is 3.42. The van der Waals surface area contributed by atoms with E-state index in [9.17, 15) is 10.1 Å². The van der Waals surface area contributed by atoms with Gasteiger partial charge in [-0.25, -0.2) is 4.98 Å². The molecule has 1 aromatic heterocycles. The average molecular weight is 267 g/mol. The van der Waals surface area contributed by atoms with Crippen molar-refractivity contribution < 1.29 is 9.66 Å². The van der Waals surface area contributed by atoms with Crippen molar-refractivity contribution in [1.29, 1.82) is 0 Å². The number of methoxy groups -OCH3 is 1. The van der Waals surface area contributed by atoms with Gasteiger partial charge in [0.2, 0.25) is 5.82 Å². The number of nitrogens with zero attached hydrogens (tertiary/aromatic N) is 4. The molecule has 2 N–H and O–H groups in total. The predicted octanol–water partition coefficient (Wildman–Crippen LogP) is 0.567. The molecule has 0 spiro atoms. The Labute approximate surface area is 110 Å². The minimum atomic E-state index is -0.507. The highest BCUT2D eigenvalue weighted by Gasteiger charge is 2.31. The van der Waals surface area contributed by atoms with Gasteiger partial charge in [0.15, 0.2) is 0 Å². The van der Waals surface area contributed by atoms with Crippen LogP contribution in [0.1, 0.15) is 13.3 Å². The quantitative estimate of drug-likeness (QED) is 0.630. The molecule has 0 amide bonds. The van der Waals surface area contributed by atoms with E-state index in [4.69, 9.17) is 10.5 Å². The number of piperidine rings is 1. The molecule has 1 saturated heterocycles. The van der Waals surface area contributed by atoms with Gasteiger partial charge >= 0.3 is 5.69 Å². The van der Waals surface area contributed by atoms with Crippen LogP contribution in [0.3, 0.4) is 0 Å². The zero-order chi connectivity index (χ0) is 14.0. The molecule has 1 fully saturated rings. The Morgan fingerprint density at radius 1 is 1.58 bits per heavy atom. The Balaban J connectivity index is 2.37. The van der Waals surface area contributed by atoms with Crippen molar-refractivity contribution in [1.82, 2.24) is 9.97 Å². The molecule has 1 aromatic rings. The lowest BCUT2D eigenvalue weighted by Gasteiger charge is -2.35. The van der Waals surface area contributed by atoms with Gasteiger partial charge in [-0.3, -0.25) is 10.1 Å². The molecule has 2 heterocycles. The normalized spacial score (nSPS) is 23.2. The molecule has 19 heavy (non-hydrogen) atoms. The Kier molecular flexibility index (Phi) is 3.79. The highest BCUT2D eigenvalue weighted by molar-refractivity contribution is 5.62. The van der Waals surface area contributed by atoms with Gasteiger partial charge in [-0.1, -0.05) is 6.92 Å². The van der Waals surface area contributed by atoms with Crippen molar-refractivity contribution >= 4 is 11.5 Å². The van der Waals surface area contributed by atoms with Crippen LogP contribution in [-0.2, 0) is 0 Å². The monoisotopic (exact) mass is 267 g/mol. The maximum absolute atomic E-state index is 11.2. The molecule has 1 aliphatic rings. The summed E-state index contributed by atoms with van der Waals surface area (Å²) >= 11 is 0. The van der Waals surface area contributed by atoms with E-state index < -0.39 is 4.92 Å². The van der Waals surface area contributed by atoms with Crippen LogP contribution in [0, 0.1) is 16.0 Å². The molecule has 2 rings (SSSR count). The first-order chi connectivity index (χ1) is 9.04. The van der Waals surface area contributed by atoms with E-state index >= 15 is 0 Å². The Bertz CT molecular complexity index is 481. The van der Waals surface area contributed by atoms with Crippen molar-refractivity contribution in [2.24, 2.45) is 11.7 Å². The minimum Gasteiger partial charge on any atom is -0.476 e. The van der Waals surface area contributed by atoms with Crippen molar-refractivity contribution in [2.45, 2.75) is 19.4 Å². The van der Waals surface area contributed by atoms with Crippen LogP contribution in [0.2, 0.25) is 0 Å². The Morgan fingerprint density at radius 2 is 2.32 bits per heavy atom. The van der Waals surface area contributed by atoms with Gasteiger partial charge in [-0.15, -0.1) is 0 Å². The summed E-state index contributed by atoms with van der Waals surface area (Å²) in [4.78, 5) is 20.4. The molecule has 1 aliphatic heterocycles. The lowest BCUT2D eigenvalue weighted by atomic mass is 9.95. The summed E-state index contributed by atoms with van der Waals surface area (Å²) < 4.78 is 4.94. The van der Waals surface area contributed by atoms with E-state index in [-0.39, 0.29) is 23.5 Å². The lowest BCUT2D eigenvalue weighted by molar-refractivity contribution is -0.385. The largest absolute Gasteiger partial charge is 0.476 e. The first kappa shape index (κ1) is 13.5. The SMILES string of the molecule is COc1ncnc(N2CCC(N)C(C)C2)c1[N+](=O)[O-]. The first-order valence-electron chi connectivity index (χ1n) is 6.08. The molecule has 104 valence electrons. The summed E-state index contributed by atoms with van der Waals surface area (Å²) in [5.74, 6) is 0.544. The Morgan fingerprint density at radius 3 is 2.89 bits per heavy atom. The van der Waals surface area contributed by atoms with Crippen LogP contribution in [-0.4, -0.2) is 41.1 Å². The fourth-order valence-corrected chi connectivity index (χ4v) is 2.25.